The van der Waals surface area contributed by atoms with Crippen LogP contribution in [0.4, 0.5) is 0 Å². The van der Waals surface area contributed by atoms with Gasteiger partial charge in [-0.3, -0.25) is 4.79 Å². The van der Waals surface area contributed by atoms with Gasteiger partial charge in [0.05, 0.1) is 0 Å². The van der Waals surface area contributed by atoms with E-state index < -0.39 is 0 Å². The van der Waals surface area contributed by atoms with Gasteiger partial charge in [-0.1, -0.05) is 12.1 Å². The zero-order valence-corrected chi connectivity index (χ0v) is 13.6. The van der Waals surface area contributed by atoms with Crippen molar-refractivity contribution in [1.82, 2.24) is 4.90 Å². The molecule has 0 bridgehead atoms. The summed E-state index contributed by atoms with van der Waals surface area (Å²) in [7, 11) is 0. The summed E-state index contributed by atoms with van der Waals surface area (Å²) in [6.45, 7) is 5.76. The lowest BCUT2D eigenvalue weighted by atomic mass is 9.91. The molecule has 1 heterocycles. The molecule has 1 aromatic rings. The maximum atomic E-state index is 12.1. The topological polar surface area (TPSA) is 55.6 Å². The van der Waals surface area contributed by atoms with E-state index >= 15 is 0 Å². The van der Waals surface area contributed by atoms with E-state index in [0.29, 0.717) is 5.92 Å². The number of carbonyl (C=O) groups is 1. The zero-order valence-electron chi connectivity index (χ0n) is 12.7. The van der Waals surface area contributed by atoms with Crippen LogP contribution in [-0.4, -0.2) is 36.5 Å². The summed E-state index contributed by atoms with van der Waals surface area (Å²) in [6, 6.07) is 7.98. The molecule has 0 aromatic heterocycles. The van der Waals surface area contributed by atoms with Crippen LogP contribution >= 0.6 is 12.4 Å². The Hall–Kier alpha value is -1.26. The first-order valence-electron chi connectivity index (χ1n) is 7.29. The molecule has 0 spiro atoms. The Morgan fingerprint density at radius 3 is 2.67 bits per heavy atom. The Morgan fingerprint density at radius 1 is 1.43 bits per heavy atom. The van der Waals surface area contributed by atoms with E-state index in [1.807, 2.05) is 43.0 Å². The van der Waals surface area contributed by atoms with Gasteiger partial charge >= 0.3 is 0 Å². The average Bonchev–Trinajstić information content (AvgIpc) is 2.45. The minimum Gasteiger partial charge on any atom is -0.484 e. The molecule has 4 nitrogen and oxygen atoms in total. The Balaban J connectivity index is 0.00000220. The van der Waals surface area contributed by atoms with Crippen molar-refractivity contribution < 1.29 is 9.53 Å². The minimum absolute atomic E-state index is 0. The van der Waals surface area contributed by atoms with E-state index in [1.165, 1.54) is 0 Å². The molecule has 1 saturated heterocycles. The third-order valence-corrected chi connectivity index (χ3v) is 3.99. The number of nitrogens with zero attached hydrogens (tertiary/aromatic N) is 1. The minimum atomic E-state index is 0. The highest BCUT2D eigenvalue weighted by molar-refractivity contribution is 5.85. The molecule has 2 N–H and O–H groups in total. The third kappa shape index (κ3) is 5.21. The Labute approximate surface area is 133 Å². The molecule has 1 aliphatic heterocycles. The van der Waals surface area contributed by atoms with E-state index in [0.717, 1.165) is 37.2 Å². The van der Waals surface area contributed by atoms with Crippen LogP contribution in [0.3, 0.4) is 0 Å². The normalized spacial score (nSPS) is 17.0. The lowest BCUT2D eigenvalue weighted by molar-refractivity contribution is -0.134. The molecule has 5 heteroatoms. The largest absolute Gasteiger partial charge is 0.484 e. The van der Waals surface area contributed by atoms with Gasteiger partial charge in [-0.05, 0) is 50.3 Å². The molecule has 2 rings (SSSR count). The van der Waals surface area contributed by atoms with Gasteiger partial charge in [0.25, 0.3) is 5.91 Å². The summed E-state index contributed by atoms with van der Waals surface area (Å²) in [4.78, 5) is 14.0. The number of rotatable bonds is 4. The number of piperidine rings is 1. The quantitative estimate of drug-likeness (QED) is 0.928. The van der Waals surface area contributed by atoms with Gasteiger partial charge in [0.15, 0.2) is 6.61 Å². The van der Waals surface area contributed by atoms with Crippen molar-refractivity contribution in [3.8, 4) is 5.75 Å². The van der Waals surface area contributed by atoms with Gasteiger partial charge in [-0.2, -0.15) is 0 Å². The second-order valence-corrected chi connectivity index (χ2v) is 5.68. The lowest BCUT2D eigenvalue weighted by Gasteiger charge is -2.33. The first kappa shape index (κ1) is 17.8. The summed E-state index contributed by atoms with van der Waals surface area (Å²) in [5.74, 6) is 1.36. The van der Waals surface area contributed by atoms with E-state index in [4.69, 9.17) is 10.5 Å². The van der Waals surface area contributed by atoms with E-state index in [1.54, 1.807) is 0 Å². The number of ether oxygens (including phenoxy) is 1. The number of likely N-dealkylation sites (tertiary alicyclic amines) is 1. The zero-order chi connectivity index (χ0) is 14.5. The first-order valence-corrected chi connectivity index (χ1v) is 7.29. The summed E-state index contributed by atoms with van der Waals surface area (Å²) in [6.07, 6.45) is 1.99. The van der Waals surface area contributed by atoms with E-state index in [9.17, 15) is 4.79 Å². The summed E-state index contributed by atoms with van der Waals surface area (Å²) in [5.41, 5.74) is 7.04. The molecular weight excluding hydrogens is 288 g/mol. The predicted molar refractivity (Wildman–Crippen MR) is 86.9 cm³/mol. The first-order chi connectivity index (χ1) is 9.56. The second-order valence-electron chi connectivity index (χ2n) is 5.68. The maximum Gasteiger partial charge on any atom is 0.260 e. The summed E-state index contributed by atoms with van der Waals surface area (Å²) >= 11 is 0. The molecule has 1 aromatic carbocycles. The standard InChI is InChI=1S/C16H24N2O2.ClH/c1-12-4-3-5-15(10-12)20-11-16(19)18-8-6-14(7-9-18)13(2)17;/h3-5,10,13-14H,6-9,11,17H2,1-2H3;1H. The highest BCUT2D eigenvalue weighted by atomic mass is 35.5. The maximum absolute atomic E-state index is 12.1. The molecule has 0 aliphatic carbocycles. The van der Waals surface area contributed by atoms with Crippen LogP contribution in [0.5, 0.6) is 5.75 Å². The average molecular weight is 313 g/mol. The lowest BCUT2D eigenvalue weighted by Crippen LogP contribution is -2.44. The van der Waals surface area contributed by atoms with Crippen LogP contribution in [-0.2, 0) is 4.79 Å². The highest BCUT2D eigenvalue weighted by Crippen LogP contribution is 2.20. The number of hydrogen-bond acceptors (Lipinski definition) is 3. The molecular formula is C16H25ClN2O2. The van der Waals surface area contributed by atoms with Crippen molar-refractivity contribution in [1.29, 1.82) is 0 Å². The van der Waals surface area contributed by atoms with E-state index in [2.05, 4.69) is 0 Å². The van der Waals surface area contributed by atoms with Crippen LogP contribution in [0, 0.1) is 12.8 Å². The Morgan fingerprint density at radius 2 is 2.10 bits per heavy atom. The third-order valence-electron chi connectivity index (χ3n) is 3.99. The van der Waals surface area contributed by atoms with Gasteiger partial charge in [0.1, 0.15) is 5.75 Å². The van der Waals surface area contributed by atoms with Crippen LogP contribution < -0.4 is 10.5 Å². The number of carbonyl (C=O) groups excluding carboxylic acids is 1. The fourth-order valence-corrected chi connectivity index (χ4v) is 2.62. The van der Waals surface area contributed by atoms with Gasteiger partial charge in [-0.15, -0.1) is 12.4 Å². The van der Waals surface area contributed by atoms with E-state index in [-0.39, 0.29) is 31.0 Å². The number of amides is 1. The predicted octanol–water partition coefficient (Wildman–Crippen LogP) is 2.38. The fraction of sp³-hybridized carbons (Fsp3) is 0.562. The van der Waals surface area contributed by atoms with Crippen molar-refractivity contribution in [2.75, 3.05) is 19.7 Å². The molecule has 1 aliphatic rings. The Kier molecular flexibility index (Phi) is 6.99. The second kappa shape index (κ2) is 8.25. The highest BCUT2D eigenvalue weighted by Gasteiger charge is 2.24. The number of hydrogen-bond donors (Lipinski definition) is 1. The van der Waals surface area contributed by atoms with Crippen molar-refractivity contribution in [3.63, 3.8) is 0 Å². The smallest absolute Gasteiger partial charge is 0.260 e. The molecule has 1 amide bonds. The van der Waals surface area contributed by atoms with Crippen molar-refractivity contribution in [2.45, 2.75) is 32.7 Å². The molecule has 1 fully saturated rings. The van der Waals surface area contributed by atoms with Gasteiger partial charge in [0.2, 0.25) is 0 Å². The SMILES string of the molecule is Cc1cccc(OCC(=O)N2CCC(C(C)N)CC2)c1.Cl. The molecule has 0 saturated carbocycles. The van der Waals surface area contributed by atoms with Crippen LogP contribution in [0.2, 0.25) is 0 Å². The van der Waals surface area contributed by atoms with Crippen LogP contribution in [0.15, 0.2) is 24.3 Å². The number of nitrogens with two attached hydrogens (primary N) is 1. The van der Waals surface area contributed by atoms with Crippen molar-refractivity contribution >= 4 is 18.3 Å². The monoisotopic (exact) mass is 312 g/mol. The molecule has 0 radical (unpaired) electrons. The fourth-order valence-electron chi connectivity index (χ4n) is 2.62. The Bertz CT molecular complexity index is 457. The van der Waals surface area contributed by atoms with Gasteiger partial charge in [0, 0.05) is 19.1 Å². The molecule has 1 unspecified atom stereocenters. The number of halogens is 1. The number of benzene rings is 1. The molecule has 118 valence electrons. The summed E-state index contributed by atoms with van der Waals surface area (Å²) < 4.78 is 5.56. The van der Waals surface area contributed by atoms with Crippen LogP contribution in [0.25, 0.3) is 0 Å². The van der Waals surface area contributed by atoms with Crippen LogP contribution in [0.1, 0.15) is 25.3 Å². The number of aryl methyl sites for hydroxylation is 1. The summed E-state index contributed by atoms with van der Waals surface area (Å²) in [5, 5.41) is 0. The van der Waals surface area contributed by atoms with Gasteiger partial charge in [-0.25, -0.2) is 0 Å². The molecule has 21 heavy (non-hydrogen) atoms. The van der Waals surface area contributed by atoms with Crippen molar-refractivity contribution in [2.24, 2.45) is 11.7 Å². The van der Waals surface area contributed by atoms with Crippen molar-refractivity contribution in [3.05, 3.63) is 29.8 Å². The molecule has 1 atom stereocenters. The van der Waals surface area contributed by atoms with Gasteiger partial charge < -0.3 is 15.4 Å².